The van der Waals surface area contributed by atoms with E-state index in [0.29, 0.717) is 60.7 Å². The average molecular weight is 674 g/mol. The van der Waals surface area contributed by atoms with Gasteiger partial charge < -0.3 is 34.8 Å². The second kappa shape index (κ2) is 12.6. The molecular weight excluding hydrogens is 632 g/mol. The van der Waals surface area contributed by atoms with Crippen molar-refractivity contribution < 1.29 is 23.0 Å². The van der Waals surface area contributed by atoms with E-state index >= 15 is 0 Å². The fourth-order valence-electron chi connectivity index (χ4n) is 8.14. The highest BCUT2D eigenvalue weighted by Gasteiger charge is 2.49. The van der Waals surface area contributed by atoms with Crippen molar-refractivity contribution in [1.82, 2.24) is 19.9 Å². The highest BCUT2D eigenvalue weighted by atomic mass is 19.1. The van der Waals surface area contributed by atoms with Crippen LogP contribution in [0.15, 0.2) is 48.5 Å². The Morgan fingerprint density at radius 3 is 1.71 bits per heavy atom. The van der Waals surface area contributed by atoms with Gasteiger partial charge in [-0.05, 0) is 61.4 Å². The predicted octanol–water partition coefficient (Wildman–Crippen LogP) is 4.10. The number of carbonyl (C=O) groups excluding carboxylic acids is 1. The number of nitrogens with one attached hydrogen (secondary N) is 2. The third kappa shape index (κ3) is 6.03. The van der Waals surface area contributed by atoms with Gasteiger partial charge in [0.2, 0.25) is 11.9 Å². The molecule has 12 nitrogen and oxygen atoms in total. The molecule has 1 aliphatic carbocycles. The monoisotopic (exact) mass is 673 g/mol. The van der Waals surface area contributed by atoms with Gasteiger partial charge in [-0.25, -0.2) is 13.6 Å². The Bertz CT molecular complexity index is 1620. The molecule has 14 heteroatoms. The number of fused-ring (bicyclic) bond motifs is 4. The highest BCUT2D eigenvalue weighted by molar-refractivity contribution is 6.00. The first kappa shape index (κ1) is 30.9. The van der Waals surface area contributed by atoms with Gasteiger partial charge in [-0.3, -0.25) is 4.90 Å². The Balaban J connectivity index is 0.900. The molecule has 1 aromatic heterocycles. The van der Waals surface area contributed by atoms with Crippen LogP contribution in [0.2, 0.25) is 0 Å². The molecule has 2 amide bonds. The summed E-state index contributed by atoms with van der Waals surface area (Å²) in [5, 5.41) is 5.81. The highest BCUT2D eigenvalue weighted by Crippen LogP contribution is 2.39. The molecule has 2 N–H and O–H groups in total. The Kier molecular flexibility index (Phi) is 7.96. The maximum Gasteiger partial charge on any atom is 0.323 e. The standard InChI is InChI=1S/C35H41F2N9O3/c36-28-15-26-17-48-19-30(28)45(26)33-40-32(41-34(42-33)46-27-16-29(37)31(46)20-49-18-27)21-1-3-22(4-2-21)38-35(47)39-23-5-7-24(8-6-23)43-11-13-44(14-12-43)25-9-10-25/h1-8,25-31H,9-20H2,(H2,38,39,47)/t26-,27-,28-,29-,30-,31-/m0/s1. The van der Waals surface area contributed by atoms with Crippen LogP contribution in [0, 0.1) is 0 Å². The number of amides is 2. The third-order valence-electron chi connectivity index (χ3n) is 10.9. The van der Waals surface area contributed by atoms with Gasteiger partial charge in [-0.2, -0.15) is 15.0 Å². The molecule has 6 fully saturated rings. The number of piperazine rings is 1. The molecule has 0 radical (unpaired) electrons. The molecule has 0 spiro atoms. The van der Waals surface area contributed by atoms with Gasteiger partial charge in [0.05, 0.1) is 50.6 Å². The van der Waals surface area contributed by atoms with E-state index in [9.17, 15) is 13.6 Å². The summed E-state index contributed by atoms with van der Waals surface area (Å²) in [6, 6.07) is 14.3. The summed E-state index contributed by atoms with van der Waals surface area (Å²) in [5.74, 6) is 1.13. The van der Waals surface area contributed by atoms with Crippen molar-refractivity contribution in [1.29, 1.82) is 0 Å². The number of halogens is 2. The van der Waals surface area contributed by atoms with Gasteiger partial charge in [0.1, 0.15) is 12.3 Å². The minimum Gasteiger partial charge on any atom is -0.377 e. The molecule has 6 aliphatic rings. The summed E-state index contributed by atoms with van der Waals surface area (Å²) in [7, 11) is 0. The van der Waals surface area contributed by atoms with Crippen LogP contribution >= 0.6 is 0 Å². The molecular formula is C35H41F2N9O3. The number of alkyl halides is 2. The Labute approximate surface area is 283 Å². The van der Waals surface area contributed by atoms with Crippen molar-refractivity contribution in [2.75, 3.05) is 77.9 Å². The van der Waals surface area contributed by atoms with Crippen molar-refractivity contribution >= 4 is 35.0 Å². The Morgan fingerprint density at radius 1 is 0.673 bits per heavy atom. The first-order valence-corrected chi connectivity index (χ1v) is 17.5. The molecule has 5 saturated heterocycles. The van der Waals surface area contributed by atoms with E-state index in [-0.39, 0.29) is 31.3 Å². The summed E-state index contributed by atoms with van der Waals surface area (Å²) in [6.07, 6.45) is 1.28. The van der Waals surface area contributed by atoms with Crippen LogP contribution in [-0.2, 0) is 9.47 Å². The number of carbonyl (C=O) groups is 1. The van der Waals surface area contributed by atoms with E-state index in [1.807, 2.05) is 34.1 Å². The SMILES string of the molecule is O=C(Nc1ccc(-c2nc(N3[C@@H]4COC[C@H]3[C@@H](F)C4)nc(N3[C@@H]4COC[C@H]3[C@@H](F)C4)n2)cc1)Nc1ccc(N2CCN(C3CC3)CC2)cc1. The van der Waals surface area contributed by atoms with Crippen LogP contribution in [0.1, 0.15) is 25.7 Å². The van der Waals surface area contributed by atoms with E-state index in [2.05, 4.69) is 32.6 Å². The van der Waals surface area contributed by atoms with E-state index in [1.165, 1.54) is 18.5 Å². The normalized spacial score (nSPS) is 29.7. The van der Waals surface area contributed by atoms with Crippen LogP contribution in [0.4, 0.5) is 42.5 Å². The number of morpholine rings is 2. The first-order valence-electron chi connectivity index (χ1n) is 17.5. The van der Waals surface area contributed by atoms with Gasteiger partial charge >= 0.3 is 6.03 Å². The summed E-state index contributed by atoms with van der Waals surface area (Å²) in [5.41, 5.74) is 3.16. The number of ether oxygens (including phenoxy) is 2. The average Bonchev–Trinajstić information content (AvgIpc) is 3.92. The molecule has 6 atom stereocenters. The van der Waals surface area contributed by atoms with Crippen LogP contribution in [-0.4, -0.2) is 121 Å². The second-order valence-electron chi connectivity index (χ2n) is 14.1. The summed E-state index contributed by atoms with van der Waals surface area (Å²) >= 11 is 0. The number of urea groups is 1. The lowest BCUT2D eigenvalue weighted by atomic mass is 10.2. The Hall–Kier alpha value is -4.14. The smallest absolute Gasteiger partial charge is 0.323 e. The molecule has 3 aromatic rings. The molecule has 6 heterocycles. The minimum absolute atomic E-state index is 0.184. The van der Waals surface area contributed by atoms with Crippen molar-refractivity contribution in [3.63, 3.8) is 0 Å². The van der Waals surface area contributed by atoms with Gasteiger partial charge in [-0.1, -0.05) is 0 Å². The topological polar surface area (TPSA) is 111 Å². The molecule has 9 rings (SSSR count). The van der Waals surface area contributed by atoms with Gasteiger partial charge in [0, 0.05) is 67.7 Å². The van der Waals surface area contributed by atoms with Crippen molar-refractivity contribution in [3.8, 4) is 11.4 Å². The molecule has 258 valence electrons. The predicted molar refractivity (Wildman–Crippen MR) is 182 cm³/mol. The number of aromatic nitrogens is 3. The largest absolute Gasteiger partial charge is 0.377 e. The molecule has 4 bridgehead atoms. The van der Waals surface area contributed by atoms with Crippen LogP contribution < -0.4 is 25.3 Å². The van der Waals surface area contributed by atoms with Crippen LogP contribution in [0.25, 0.3) is 11.4 Å². The molecule has 2 aromatic carbocycles. The minimum atomic E-state index is -1.05. The number of benzene rings is 2. The second-order valence-corrected chi connectivity index (χ2v) is 14.1. The molecule has 5 aliphatic heterocycles. The number of hydrogen-bond acceptors (Lipinski definition) is 10. The number of nitrogens with zero attached hydrogens (tertiary/aromatic N) is 7. The summed E-state index contributed by atoms with van der Waals surface area (Å²) in [6.45, 7) is 5.55. The zero-order valence-corrected chi connectivity index (χ0v) is 27.3. The van der Waals surface area contributed by atoms with Crippen LogP contribution in [0.3, 0.4) is 0 Å². The number of anilines is 5. The zero-order valence-electron chi connectivity index (χ0n) is 27.3. The van der Waals surface area contributed by atoms with E-state index < -0.39 is 24.4 Å². The Morgan fingerprint density at radius 2 is 1.20 bits per heavy atom. The lowest BCUT2D eigenvalue weighted by Crippen LogP contribution is -2.50. The number of hydrogen-bond donors (Lipinski definition) is 2. The molecule has 49 heavy (non-hydrogen) atoms. The quantitative estimate of drug-likeness (QED) is 0.381. The zero-order chi connectivity index (χ0) is 33.1. The number of rotatable bonds is 7. The maximum absolute atomic E-state index is 15.0. The molecule has 1 saturated carbocycles. The van der Waals surface area contributed by atoms with Crippen LogP contribution in [0.5, 0.6) is 0 Å². The third-order valence-corrected chi connectivity index (χ3v) is 10.9. The van der Waals surface area contributed by atoms with Crippen molar-refractivity contribution in [2.45, 2.75) is 68.2 Å². The van der Waals surface area contributed by atoms with Gasteiger partial charge in [-0.15, -0.1) is 0 Å². The lowest BCUT2D eigenvalue weighted by Gasteiger charge is -2.37. The van der Waals surface area contributed by atoms with Crippen molar-refractivity contribution in [2.24, 2.45) is 0 Å². The fraction of sp³-hybridized carbons (Fsp3) is 0.543. The maximum atomic E-state index is 15.0. The van der Waals surface area contributed by atoms with Crippen molar-refractivity contribution in [3.05, 3.63) is 48.5 Å². The summed E-state index contributed by atoms with van der Waals surface area (Å²) in [4.78, 5) is 36.2. The van der Waals surface area contributed by atoms with E-state index in [1.54, 1.807) is 12.1 Å². The summed E-state index contributed by atoms with van der Waals surface area (Å²) < 4.78 is 41.3. The van der Waals surface area contributed by atoms with E-state index in [0.717, 1.165) is 32.2 Å². The lowest BCUT2D eigenvalue weighted by molar-refractivity contribution is 0.0810. The van der Waals surface area contributed by atoms with Gasteiger partial charge in [0.15, 0.2) is 5.82 Å². The van der Waals surface area contributed by atoms with Gasteiger partial charge in [0.25, 0.3) is 0 Å². The molecule has 0 unspecified atom stereocenters. The fourth-order valence-corrected chi connectivity index (χ4v) is 8.14. The first-order chi connectivity index (χ1) is 24.0. The van der Waals surface area contributed by atoms with E-state index in [4.69, 9.17) is 24.4 Å².